The van der Waals surface area contributed by atoms with Crippen molar-refractivity contribution in [3.8, 4) is 0 Å². The highest BCUT2D eigenvalue weighted by molar-refractivity contribution is 4.90. The molecule has 1 aromatic rings. The monoisotopic (exact) mass is 364 g/mol. The topological polar surface area (TPSA) is 61.7 Å². The molecular formula is C19H36N6O+2. The molecule has 0 bridgehead atoms. The van der Waals surface area contributed by atoms with Crippen LogP contribution in [0.2, 0.25) is 0 Å². The SMILES string of the molecule is CC(C)[C@@H](c1nnnn1C[C@H]1CCCO1)[NH+]1CC[NH+](C2CCCC2)CC1. The standard InChI is InChI=1S/C19H34N6O/c1-15(2)18(19-20-21-22-25(19)14-17-8-5-13-26-17)24-11-9-23(10-12-24)16-6-3-4-7-16/h15-18H,3-14H2,1-2H3/p+2/t17-,18+/m1/s1. The zero-order valence-corrected chi connectivity index (χ0v) is 16.5. The molecule has 3 heterocycles. The van der Waals surface area contributed by atoms with Gasteiger partial charge in [-0.1, -0.05) is 13.8 Å². The summed E-state index contributed by atoms with van der Waals surface area (Å²) >= 11 is 0. The van der Waals surface area contributed by atoms with Crippen LogP contribution in [0.4, 0.5) is 0 Å². The second-order valence-corrected chi connectivity index (χ2v) is 8.87. The van der Waals surface area contributed by atoms with Gasteiger partial charge in [0.1, 0.15) is 26.2 Å². The largest absolute Gasteiger partial charge is 0.376 e. The summed E-state index contributed by atoms with van der Waals surface area (Å²) in [6, 6.07) is 1.32. The third-order valence-electron chi connectivity index (χ3n) is 6.81. The average molecular weight is 365 g/mol. The van der Waals surface area contributed by atoms with Crippen LogP contribution in [0.5, 0.6) is 0 Å². The minimum atomic E-state index is 0.281. The first-order chi connectivity index (χ1) is 12.7. The molecule has 1 aliphatic carbocycles. The summed E-state index contributed by atoms with van der Waals surface area (Å²) in [5, 5.41) is 12.8. The molecule has 3 aliphatic rings. The van der Waals surface area contributed by atoms with Crippen LogP contribution >= 0.6 is 0 Å². The number of ether oxygens (including phenoxy) is 1. The summed E-state index contributed by atoms with van der Waals surface area (Å²) < 4.78 is 7.84. The molecule has 0 amide bonds. The average Bonchev–Trinajstić information content (AvgIpc) is 3.39. The van der Waals surface area contributed by atoms with Gasteiger partial charge in [0.05, 0.1) is 18.7 Å². The summed E-state index contributed by atoms with van der Waals surface area (Å²) in [6.07, 6.45) is 8.34. The van der Waals surface area contributed by atoms with Crippen LogP contribution < -0.4 is 9.80 Å². The Morgan fingerprint density at radius 1 is 1.08 bits per heavy atom. The molecule has 7 nitrogen and oxygen atoms in total. The fourth-order valence-corrected chi connectivity index (χ4v) is 5.44. The molecule has 2 N–H and O–H groups in total. The Hall–Kier alpha value is -1.05. The van der Waals surface area contributed by atoms with Crippen LogP contribution in [0.25, 0.3) is 0 Å². The van der Waals surface area contributed by atoms with E-state index in [4.69, 9.17) is 4.74 Å². The molecule has 1 saturated carbocycles. The number of nitrogens with zero attached hydrogens (tertiary/aromatic N) is 4. The molecule has 2 aliphatic heterocycles. The van der Waals surface area contributed by atoms with E-state index in [9.17, 15) is 0 Å². The van der Waals surface area contributed by atoms with Crippen molar-refractivity contribution in [2.75, 3.05) is 32.8 Å². The van der Waals surface area contributed by atoms with Gasteiger partial charge in [-0.15, -0.1) is 5.10 Å². The Kier molecular flexibility index (Phi) is 5.86. The van der Waals surface area contributed by atoms with Gasteiger partial charge in [0.2, 0.25) is 5.82 Å². The van der Waals surface area contributed by atoms with Gasteiger partial charge in [-0.25, -0.2) is 4.68 Å². The fraction of sp³-hybridized carbons (Fsp3) is 0.947. The van der Waals surface area contributed by atoms with E-state index < -0.39 is 0 Å². The van der Waals surface area contributed by atoms with Gasteiger partial charge in [0.15, 0.2) is 6.04 Å². The van der Waals surface area contributed by atoms with E-state index in [-0.39, 0.29) is 6.10 Å². The number of piperazine rings is 1. The summed E-state index contributed by atoms with van der Waals surface area (Å²) in [4.78, 5) is 3.53. The number of aromatic nitrogens is 4. The Labute approximate surface area is 157 Å². The Morgan fingerprint density at radius 3 is 2.50 bits per heavy atom. The van der Waals surface area contributed by atoms with Crippen molar-refractivity contribution in [3.63, 3.8) is 0 Å². The maximum absolute atomic E-state index is 5.81. The van der Waals surface area contributed by atoms with Gasteiger partial charge >= 0.3 is 0 Å². The fourth-order valence-electron chi connectivity index (χ4n) is 5.44. The van der Waals surface area contributed by atoms with Crippen LogP contribution in [0.3, 0.4) is 0 Å². The molecule has 0 unspecified atom stereocenters. The number of rotatable bonds is 6. The lowest BCUT2D eigenvalue weighted by molar-refractivity contribution is -1.04. The first kappa shape index (κ1) is 18.3. The number of hydrogen-bond acceptors (Lipinski definition) is 4. The molecule has 3 fully saturated rings. The smallest absolute Gasteiger partial charge is 0.209 e. The maximum atomic E-state index is 5.81. The number of tetrazole rings is 1. The van der Waals surface area contributed by atoms with Crippen LogP contribution in [-0.4, -0.2) is 65.1 Å². The molecule has 26 heavy (non-hydrogen) atoms. The third kappa shape index (κ3) is 3.94. The van der Waals surface area contributed by atoms with Crippen molar-refractivity contribution >= 4 is 0 Å². The molecular weight excluding hydrogens is 328 g/mol. The molecule has 4 rings (SSSR count). The summed E-state index contributed by atoms with van der Waals surface area (Å²) in [6.45, 7) is 11.4. The third-order valence-corrected chi connectivity index (χ3v) is 6.81. The van der Waals surface area contributed by atoms with E-state index in [2.05, 4.69) is 29.4 Å². The van der Waals surface area contributed by atoms with Crippen molar-refractivity contribution in [1.29, 1.82) is 0 Å². The van der Waals surface area contributed by atoms with Crippen molar-refractivity contribution in [3.05, 3.63) is 5.82 Å². The second-order valence-electron chi connectivity index (χ2n) is 8.87. The zero-order valence-electron chi connectivity index (χ0n) is 16.5. The van der Waals surface area contributed by atoms with Crippen LogP contribution in [0.1, 0.15) is 64.2 Å². The lowest BCUT2D eigenvalue weighted by Gasteiger charge is -2.37. The first-order valence-electron chi connectivity index (χ1n) is 10.8. The molecule has 2 atom stereocenters. The second kappa shape index (κ2) is 8.31. The van der Waals surface area contributed by atoms with E-state index in [1.807, 2.05) is 9.58 Å². The van der Waals surface area contributed by atoms with Crippen molar-refractivity contribution in [2.45, 2.75) is 77.1 Å². The quantitative estimate of drug-likeness (QED) is 0.699. The molecule has 0 spiro atoms. The first-order valence-corrected chi connectivity index (χ1v) is 10.8. The minimum absolute atomic E-state index is 0.281. The molecule has 2 saturated heterocycles. The lowest BCUT2D eigenvalue weighted by atomic mass is 10.00. The van der Waals surface area contributed by atoms with E-state index in [0.29, 0.717) is 12.0 Å². The zero-order chi connectivity index (χ0) is 17.9. The number of quaternary nitrogens is 2. The molecule has 1 aromatic heterocycles. The van der Waals surface area contributed by atoms with Crippen LogP contribution in [0.15, 0.2) is 0 Å². The van der Waals surface area contributed by atoms with Gasteiger partial charge in [-0.05, 0) is 49.0 Å². The Bertz CT molecular complexity index is 556. The highest BCUT2D eigenvalue weighted by Gasteiger charge is 2.38. The Balaban J connectivity index is 1.42. The normalized spacial score (nSPS) is 31.7. The highest BCUT2D eigenvalue weighted by Crippen LogP contribution is 2.19. The van der Waals surface area contributed by atoms with E-state index in [0.717, 1.165) is 37.9 Å². The van der Waals surface area contributed by atoms with Gasteiger partial charge in [0, 0.05) is 12.5 Å². The predicted octanol–water partition coefficient (Wildman–Crippen LogP) is -0.725. The van der Waals surface area contributed by atoms with Crippen LogP contribution in [0, 0.1) is 5.92 Å². The summed E-state index contributed by atoms with van der Waals surface area (Å²) in [7, 11) is 0. The molecule has 7 heteroatoms. The number of hydrogen-bond donors (Lipinski definition) is 2. The van der Waals surface area contributed by atoms with Gasteiger partial charge in [-0.3, -0.25) is 0 Å². The van der Waals surface area contributed by atoms with E-state index in [1.54, 1.807) is 4.90 Å². The van der Waals surface area contributed by atoms with Crippen LogP contribution in [-0.2, 0) is 11.3 Å². The van der Waals surface area contributed by atoms with Gasteiger partial charge < -0.3 is 14.5 Å². The molecule has 0 radical (unpaired) electrons. The highest BCUT2D eigenvalue weighted by atomic mass is 16.5. The van der Waals surface area contributed by atoms with Crippen molar-refractivity contribution < 1.29 is 14.5 Å². The Morgan fingerprint density at radius 2 is 1.85 bits per heavy atom. The van der Waals surface area contributed by atoms with E-state index in [1.165, 1.54) is 51.9 Å². The molecule has 146 valence electrons. The minimum Gasteiger partial charge on any atom is -0.376 e. The lowest BCUT2D eigenvalue weighted by Crippen LogP contribution is -3.29. The number of nitrogens with one attached hydrogen (secondary N) is 2. The van der Waals surface area contributed by atoms with Gasteiger partial charge in [-0.2, -0.15) is 0 Å². The van der Waals surface area contributed by atoms with Gasteiger partial charge in [0.25, 0.3) is 0 Å². The van der Waals surface area contributed by atoms with E-state index >= 15 is 0 Å². The summed E-state index contributed by atoms with van der Waals surface area (Å²) in [5.74, 6) is 1.60. The molecule has 0 aromatic carbocycles. The van der Waals surface area contributed by atoms with Crippen molar-refractivity contribution in [1.82, 2.24) is 20.2 Å². The summed E-state index contributed by atoms with van der Waals surface area (Å²) in [5.41, 5.74) is 0. The predicted molar refractivity (Wildman–Crippen MR) is 98.0 cm³/mol. The maximum Gasteiger partial charge on any atom is 0.209 e. The van der Waals surface area contributed by atoms with Crippen molar-refractivity contribution in [2.24, 2.45) is 5.92 Å².